The quantitative estimate of drug-likeness (QED) is 0.200. The van der Waals surface area contributed by atoms with Crippen LogP contribution in [0.3, 0.4) is 0 Å². The highest BCUT2D eigenvalue weighted by atomic mass is 16.3. The lowest BCUT2D eigenvalue weighted by atomic mass is 10.0. The van der Waals surface area contributed by atoms with Gasteiger partial charge in [0.2, 0.25) is 0 Å². The van der Waals surface area contributed by atoms with Crippen molar-refractivity contribution in [3.05, 3.63) is 138 Å². The highest BCUT2D eigenvalue weighted by Crippen LogP contribution is 2.35. The third-order valence-corrected chi connectivity index (χ3v) is 6.33. The van der Waals surface area contributed by atoms with Gasteiger partial charge in [0.1, 0.15) is 5.75 Å². The Morgan fingerprint density at radius 2 is 1.19 bits per heavy atom. The molecular weight excluding hydrogens is 442 g/mol. The second-order valence-electron chi connectivity index (χ2n) is 8.98. The molecule has 0 unspecified atom stereocenters. The van der Waals surface area contributed by atoms with E-state index >= 15 is 0 Å². The van der Waals surface area contributed by atoms with Crippen LogP contribution >= 0.6 is 0 Å². The topological polar surface area (TPSA) is 40.5 Å². The average molecular weight is 470 g/mol. The molecule has 0 atom stereocenters. The maximum absolute atomic E-state index is 12.8. The van der Waals surface area contributed by atoms with Gasteiger partial charge in [-0.05, 0) is 73.3 Å². The number of allylic oxidation sites excluding steroid dienone is 1. The van der Waals surface area contributed by atoms with E-state index in [4.69, 9.17) is 0 Å². The van der Waals surface area contributed by atoms with Crippen LogP contribution in [0.5, 0.6) is 5.75 Å². The van der Waals surface area contributed by atoms with E-state index < -0.39 is 0 Å². The van der Waals surface area contributed by atoms with Gasteiger partial charge in [0.05, 0.1) is 5.56 Å². The Balaban J connectivity index is 1.41. The molecule has 0 spiro atoms. The average Bonchev–Trinajstić information content (AvgIpc) is 2.91. The van der Waals surface area contributed by atoms with Gasteiger partial charge in [-0.1, -0.05) is 83.9 Å². The first kappa shape index (κ1) is 23.1. The molecule has 0 aliphatic rings. The van der Waals surface area contributed by atoms with Crippen molar-refractivity contribution in [2.24, 2.45) is 0 Å². The predicted molar refractivity (Wildman–Crippen MR) is 150 cm³/mol. The molecule has 0 heterocycles. The molecule has 5 aromatic carbocycles. The number of phenols is 1. The Morgan fingerprint density at radius 3 is 1.78 bits per heavy atom. The van der Waals surface area contributed by atoms with E-state index in [1.807, 2.05) is 42.5 Å². The predicted octanol–water partition coefficient (Wildman–Crippen LogP) is 8.53. The number of anilines is 3. The maximum Gasteiger partial charge on any atom is 0.189 e. The van der Waals surface area contributed by atoms with Crippen LogP contribution in [0.2, 0.25) is 0 Å². The molecule has 0 fully saturated rings. The van der Waals surface area contributed by atoms with E-state index in [-0.39, 0.29) is 11.5 Å². The molecule has 0 aliphatic heterocycles. The summed E-state index contributed by atoms with van der Waals surface area (Å²) in [7, 11) is 0. The molecule has 0 amide bonds. The standard InChI is InChI=1S/C33H27NO2/c1-23-7-15-27(16-8-23)34(28-17-9-24(2)10-18-28)29-19-11-25(12-20-29)13-22-32(35)31-21-14-26-5-3-4-6-30(26)33(31)36/h3-22,36H,1-2H3/b22-13+. The van der Waals surface area contributed by atoms with Gasteiger partial charge in [-0.25, -0.2) is 0 Å². The van der Waals surface area contributed by atoms with Crippen molar-refractivity contribution < 1.29 is 9.90 Å². The molecule has 0 saturated heterocycles. The number of carbonyl (C=O) groups excluding carboxylic acids is 1. The SMILES string of the molecule is Cc1ccc(N(c2ccc(C)cc2)c2ccc(/C=C/C(=O)c3ccc4ccccc4c3O)cc2)cc1. The third-order valence-electron chi connectivity index (χ3n) is 6.33. The van der Waals surface area contributed by atoms with E-state index in [2.05, 4.69) is 79.4 Å². The largest absolute Gasteiger partial charge is 0.507 e. The molecule has 1 N–H and O–H groups in total. The Hall–Kier alpha value is -4.63. The number of aromatic hydroxyl groups is 1. The summed E-state index contributed by atoms with van der Waals surface area (Å²) in [6, 6.07) is 36.1. The molecule has 3 heteroatoms. The number of phenolic OH excluding ortho intramolecular Hbond substituents is 1. The molecule has 5 aromatic rings. The van der Waals surface area contributed by atoms with Gasteiger partial charge >= 0.3 is 0 Å². The lowest BCUT2D eigenvalue weighted by Gasteiger charge is -2.25. The van der Waals surface area contributed by atoms with Gasteiger partial charge in [0.15, 0.2) is 5.78 Å². The van der Waals surface area contributed by atoms with Gasteiger partial charge in [0, 0.05) is 22.4 Å². The number of rotatable bonds is 6. The van der Waals surface area contributed by atoms with Crippen molar-refractivity contribution in [3.63, 3.8) is 0 Å². The molecule has 0 aliphatic carbocycles. The number of benzene rings is 5. The molecule has 0 radical (unpaired) electrons. The monoisotopic (exact) mass is 469 g/mol. The zero-order valence-electron chi connectivity index (χ0n) is 20.3. The zero-order valence-corrected chi connectivity index (χ0v) is 20.3. The van der Waals surface area contributed by atoms with E-state index in [9.17, 15) is 9.90 Å². The maximum atomic E-state index is 12.8. The van der Waals surface area contributed by atoms with Crippen LogP contribution in [0.4, 0.5) is 17.1 Å². The highest BCUT2D eigenvalue weighted by Gasteiger charge is 2.13. The number of hydrogen-bond acceptors (Lipinski definition) is 3. The van der Waals surface area contributed by atoms with Crippen molar-refractivity contribution in [3.8, 4) is 5.75 Å². The van der Waals surface area contributed by atoms with Crippen molar-refractivity contribution in [1.29, 1.82) is 0 Å². The van der Waals surface area contributed by atoms with Crippen LogP contribution in [0.15, 0.2) is 115 Å². The second kappa shape index (κ2) is 9.93. The molecule has 176 valence electrons. The summed E-state index contributed by atoms with van der Waals surface area (Å²) < 4.78 is 0. The summed E-state index contributed by atoms with van der Waals surface area (Å²) in [6.45, 7) is 4.17. The summed E-state index contributed by atoms with van der Waals surface area (Å²) in [6.07, 6.45) is 3.29. The molecule has 0 bridgehead atoms. The van der Waals surface area contributed by atoms with E-state index in [0.717, 1.165) is 28.0 Å². The fraction of sp³-hybridized carbons (Fsp3) is 0.0606. The van der Waals surface area contributed by atoms with Crippen molar-refractivity contribution in [2.45, 2.75) is 13.8 Å². The van der Waals surface area contributed by atoms with Gasteiger partial charge < -0.3 is 10.0 Å². The second-order valence-corrected chi connectivity index (χ2v) is 8.98. The van der Waals surface area contributed by atoms with Crippen LogP contribution < -0.4 is 4.90 Å². The van der Waals surface area contributed by atoms with E-state index in [1.54, 1.807) is 12.1 Å². The lowest BCUT2D eigenvalue weighted by Crippen LogP contribution is -2.09. The first-order valence-electron chi connectivity index (χ1n) is 12.0. The molecular formula is C33H27NO2. The van der Waals surface area contributed by atoms with Crippen LogP contribution in [-0.2, 0) is 0 Å². The summed E-state index contributed by atoms with van der Waals surface area (Å²) in [5.74, 6) is -0.215. The molecule has 36 heavy (non-hydrogen) atoms. The number of aryl methyl sites for hydroxylation is 2. The van der Waals surface area contributed by atoms with E-state index in [0.29, 0.717) is 10.9 Å². The van der Waals surface area contributed by atoms with Crippen molar-refractivity contribution >= 4 is 39.7 Å². The Kier molecular flexibility index (Phi) is 6.38. The molecule has 0 aromatic heterocycles. The Morgan fingerprint density at radius 1 is 0.667 bits per heavy atom. The smallest absolute Gasteiger partial charge is 0.189 e. The van der Waals surface area contributed by atoms with Crippen molar-refractivity contribution in [2.75, 3.05) is 4.90 Å². The fourth-order valence-electron chi connectivity index (χ4n) is 4.29. The summed E-state index contributed by atoms with van der Waals surface area (Å²) in [5, 5.41) is 12.2. The number of fused-ring (bicyclic) bond motifs is 1. The minimum absolute atomic E-state index is 0.0185. The molecule has 5 rings (SSSR count). The number of nitrogens with zero attached hydrogens (tertiary/aromatic N) is 1. The zero-order chi connectivity index (χ0) is 25.1. The van der Waals surface area contributed by atoms with Crippen molar-refractivity contribution in [1.82, 2.24) is 0 Å². The van der Waals surface area contributed by atoms with Crippen LogP contribution in [0, 0.1) is 13.8 Å². The van der Waals surface area contributed by atoms with Crippen LogP contribution in [0.25, 0.3) is 16.8 Å². The summed E-state index contributed by atoms with van der Waals surface area (Å²) in [5.41, 5.74) is 6.81. The molecule has 3 nitrogen and oxygen atoms in total. The Labute approximate surface area is 211 Å². The molecule has 0 saturated carbocycles. The summed E-state index contributed by atoms with van der Waals surface area (Å²) in [4.78, 5) is 15.0. The van der Waals surface area contributed by atoms with Crippen LogP contribution in [-0.4, -0.2) is 10.9 Å². The number of hydrogen-bond donors (Lipinski definition) is 1. The first-order valence-corrected chi connectivity index (χ1v) is 12.0. The third kappa shape index (κ3) is 4.77. The van der Waals surface area contributed by atoms with E-state index in [1.165, 1.54) is 17.2 Å². The minimum atomic E-state index is -0.233. The Bertz CT molecular complexity index is 1500. The lowest BCUT2D eigenvalue weighted by molar-refractivity contribution is 0.104. The minimum Gasteiger partial charge on any atom is -0.507 e. The fourth-order valence-corrected chi connectivity index (χ4v) is 4.29. The van der Waals surface area contributed by atoms with Gasteiger partial charge in [-0.3, -0.25) is 4.79 Å². The van der Waals surface area contributed by atoms with Gasteiger partial charge in [-0.15, -0.1) is 0 Å². The number of ketones is 1. The number of carbonyl (C=O) groups is 1. The van der Waals surface area contributed by atoms with Crippen LogP contribution in [0.1, 0.15) is 27.0 Å². The highest BCUT2D eigenvalue weighted by molar-refractivity contribution is 6.11. The summed E-state index contributed by atoms with van der Waals surface area (Å²) >= 11 is 0. The van der Waals surface area contributed by atoms with Gasteiger partial charge in [-0.2, -0.15) is 0 Å². The normalized spacial score (nSPS) is 11.2. The first-order chi connectivity index (χ1) is 17.5. The van der Waals surface area contributed by atoms with Gasteiger partial charge in [0.25, 0.3) is 0 Å².